The van der Waals surface area contributed by atoms with Gasteiger partial charge in [-0.25, -0.2) is 13.4 Å². The summed E-state index contributed by atoms with van der Waals surface area (Å²) in [6.45, 7) is 0. The lowest BCUT2D eigenvalue weighted by molar-refractivity contribution is -0.136. The second kappa shape index (κ2) is 6.36. The monoisotopic (exact) mass is 306 g/mol. The van der Waals surface area contributed by atoms with Crippen LogP contribution in [0.1, 0.15) is 12.0 Å². The van der Waals surface area contributed by atoms with Crippen molar-refractivity contribution in [3.8, 4) is 0 Å². The lowest BCUT2D eigenvalue weighted by Gasteiger charge is -2.07. The van der Waals surface area contributed by atoms with Crippen molar-refractivity contribution in [3.05, 3.63) is 54.2 Å². The number of aryl methyl sites for hydroxylation is 1. The molecule has 0 saturated carbocycles. The van der Waals surface area contributed by atoms with Crippen molar-refractivity contribution in [2.24, 2.45) is 0 Å². The molecule has 1 aromatic carbocycles. The number of anilines is 1. The molecule has 0 unspecified atom stereocenters. The van der Waals surface area contributed by atoms with E-state index in [1.165, 1.54) is 18.3 Å². The number of hydrogen-bond acceptors (Lipinski definition) is 4. The average molecular weight is 306 g/mol. The van der Waals surface area contributed by atoms with Crippen LogP contribution in [0, 0.1) is 0 Å². The topological polar surface area (TPSA) is 96.4 Å². The van der Waals surface area contributed by atoms with E-state index in [9.17, 15) is 13.2 Å². The molecule has 1 aromatic heterocycles. The van der Waals surface area contributed by atoms with Gasteiger partial charge in [0.2, 0.25) is 0 Å². The van der Waals surface area contributed by atoms with Gasteiger partial charge >= 0.3 is 5.97 Å². The van der Waals surface area contributed by atoms with Crippen LogP contribution in [-0.4, -0.2) is 24.5 Å². The smallest absolute Gasteiger partial charge is 0.303 e. The van der Waals surface area contributed by atoms with Gasteiger partial charge in [0.05, 0.1) is 4.90 Å². The molecule has 0 radical (unpaired) electrons. The Hall–Kier alpha value is -2.41. The number of sulfonamides is 1. The Morgan fingerprint density at radius 3 is 2.43 bits per heavy atom. The van der Waals surface area contributed by atoms with E-state index in [0.29, 0.717) is 6.42 Å². The van der Waals surface area contributed by atoms with Crippen LogP contribution < -0.4 is 4.72 Å². The zero-order valence-corrected chi connectivity index (χ0v) is 11.9. The van der Waals surface area contributed by atoms with Gasteiger partial charge in [-0.2, -0.15) is 0 Å². The van der Waals surface area contributed by atoms with E-state index < -0.39 is 16.0 Å². The minimum absolute atomic E-state index is 0.0122. The van der Waals surface area contributed by atoms with Crippen molar-refractivity contribution >= 4 is 21.8 Å². The molecule has 0 bridgehead atoms. The zero-order valence-electron chi connectivity index (χ0n) is 11.1. The number of carboxylic acid groups (broad SMARTS) is 1. The molecule has 0 amide bonds. The lowest BCUT2D eigenvalue weighted by atomic mass is 10.1. The van der Waals surface area contributed by atoms with E-state index in [0.717, 1.165) is 5.56 Å². The largest absolute Gasteiger partial charge is 0.481 e. The van der Waals surface area contributed by atoms with Crippen LogP contribution >= 0.6 is 0 Å². The number of nitrogens with zero attached hydrogens (tertiary/aromatic N) is 1. The summed E-state index contributed by atoms with van der Waals surface area (Å²) in [5.41, 5.74) is 0.772. The number of carbonyl (C=O) groups is 1. The predicted octanol–water partition coefficient (Wildman–Crippen LogP) is 1.90. The van der Waals surface area contributed by atoms with Crippen LogP contribution in [0.5, 0.6) is 0 Å². The first-order valence-corrected chi connectivity index (χ1v) is 7.70. The molecule has 0 atom stereocenters. The number of pyridine rings is 1. The molecule has 1 heterocycles. The Balaban J connectivity index is 2.12. The SMILES string of the molecule is O=C(O)CCc1ccc(S(=O)(=O)Nc2ccccn2)cc1. The summed E-state index contributed by atoms with van der Waals surface area (Å²) in [4.78, 5) is 14.5. The maximum Gasteiger partial charge on any atom is 0.303 e. The van der Waals surface area contributed by atoms with Crippen LogP contribution in [0.4, 0.5) is 5.82 Å². The van der Waals surface area contributed by atoms with E-state index in [1.54, 1.807) is 30.3 Å². The Labute approximate surface area is 122 Å². The van der Waals surface area contributed by atoms with Crippen LogP contribution in [0.15, 0.2) is 53.6 Å². The Kier molecular flexibility index (Phi) is 4.54. The molecule has 7 heteroatoms. The number of benzene rings is 1. The molecule has 0 aliphatic carbocycles. The minimum Gasteiger partial charge on any atom is -0.481 e. The normalized spacial score (nSPS) is 11.0. The number of hydrogen-bond donors (Lipinski definition) is 2. The average Bonchev–Trinajstić information content (AvgIpc) is 2.46. The van der Waals surface area contributed by atoms with Crippen molar-refractivity contribution in [1.82, 2.24) is 4.98 Å². The summed E-state index contributed by atoms with van der Waals surface area (Å²) < 4.78 is 26.6. The summed E-state index contributed by atoms with van der Waals surface area (Å²) in [6.07, 6.45) is 1.87. The van der Waals surface area contributed by atoms with Crippen molar-refractivity contribution in [2.45, 2.75) is 17.7 Å². The maximum atomic E-state index is 12.1. The van der Waals surface area contributed by atoms with E-state index in [1.807, 2.05) is 0 Å². The summed E-state index contributed by atoms with van der Waals surface area (Å²) in [5, 5.41) is 8.61. The fourth-order valence-electron chi connectivity index (χ4n) is 1.71. The molecule has 6 nitrogen and oxygen atoms in total. The third-order valence-electron chi connectivity index (χ3n) is 2.77. The maximum absolute atomic E-state index is 12.1. The van der Waals surface area contributed by atoms with E-state index >= 15 is 0 Å². The van der Waals surface area contributed by atoms with E-state index in [4.69, 9.17) is 5.11 Å². The van der Waals surface area contributed by atoms with Crippen molar-refractivity contribution in [1.29, 1.82) is 0 Å². The molecule has 0 aliphatic heterocycles. The van der Waals surface area contributed by atoms with Crippen LogP contribution in [0.2, 0.25) is 0 Å². The number of aliphatic carboxylic acids is 1. The highest BCUT2D eigenvalue weighted by Gasteiger charge is 2.14. The number of carboxylic acids is 1. The molecule has 0 spiro atoms. The molecule has 0 saturated heterocycles. The third kappa shape index (κ3) is 4.28. The van der Waals surface area contributed by atoms with Gasteiger partial charge < -0.3 is 5.11 Å². The van der Waals surface area contributed by atoms with E-state index in [-0.39, 0.29) is 17.1 Å². The Morgan fingerprint density at radius 2 is 1.86 bits per heavy atom. The van der Waals surface area contributed by atoms with Gasteiger partial charge in [0.25, 0.3) is 10.0 Å². The molecule has 0 fully saturated rings. The van der Waals surface area contributed by atoms with Crippen molar-refractivity contribution < 1.29 is 18.3 Å². The Bertz CT molecular complexity index is 712. The molecular formula is C14H14N2O4S. The van der Waals surface area contributed by atoms with E-state index in [2.05, 4.69) is 9.71 Å². The number of nitrogens with one attached hydrogen (secondary N) is 1. The minimum atomic E-state index is -3.69. The summed E-state index contributed by atoms with van der Waals surface area (Å²) in [6, 6.07) is 11.0. The lowest BCUT2D eigenvalue weighted by Crippen LogP contribution is -2.13. The van der Waals surface area contributed by atoms with Gasteiger partial charge in [0, 0.05) is 12.6 Å². The highest BCUT2D eigenvalue weighted by molar-refractivity contribution is 7.92. The fraction of sp³-hybridized carbons (Fsp3) is 0.143. The van der Waals surface area contributed by atoms with Gasteiger partial charge in [-0.3, -0.25) is 9.52 Å². The van der Waals surface area contributed by atoms with Crippen molar-refractivity contribution in [3.63, 3.8) is 0 Å². The molecule has 21 heavy (non-hydrogen) atoms. The van der Waals surface area contributed by atoms with Gasteiger partial charge in [0.15, 0.2) is 0 Å². The summed E-state index contributed by atoms with van der Waals surface area (Å²) in [7, 11) is -3.69. The van der Waals surface area contributed by atoms with Crippen LogP contribution in [0.25, 0.3) is 0 Å². The third-order valence-corrected chi connectivity index (χ3v) is 4.14. The van der Waals surface area contributed by atoms with Crippen LogP contribution in [-0.2, 0) is 21.2 Å². The fourth-order valence-corrected chi connectivity index (χ4v) is 2.71. The highest BCUT2D eigenvalue weighted by Crippen LogP contribution is 2.15. The zero-order chi connectivity index (χ0) is 15.3. The van der Waals surface area contributed by atoms with Gasteiger partial charge in [-0.1, -0.05) is 18.2 Å². The summed E-state index contributed by atoms with van der Waals surface area (Å²) >= 11 is 0. The molecule has 2 rings (SSSR count). The van der Waals surface area contributed by atoms with Gasteiger partial charge in [-0.15, -0.1) is 0 Å². The number of rotatable bonds is 6. The molecule has 2 N–H and O–H groups in total. The first-order valence-electron chi connectivity index (χ1n) is 6.22. The molecule has 110 valence electrons. The van der Waals surface area contributed by atoms with Gasteiger partial charge in [-0.05, 0) is 36.2 Å². The van der Waals surface area contributed by atoms with Gasteiger partial charge in [0.1, 0.15) is 5.82 Å². The first kappa shape index (κ1) is 15.0. The molecule has 2 aromatic rings. The number of aromatic nitrogens is 1. The molecular weight excluding hydrogens is 292 g/mol. The van der Waals surface area contributed by atoms with Crippen molar-refractivity contribution in [2.75, 3.05) is 4.72 Å². The second-order valence-corrected chi connectivity index (χ2v) is 6.04. The standard InChI is InChI=1S/C14H14N2O4S/c17-14(18)9-6-11-4-7-12(8-5-11)21(19,20)16-13-3-1-2-10-15-13/h1-5,7-8,10H,6,9H2,(H,15,16)(H,17,18). The summed E-state index contributed by atoms with van der Waals surface area (Å²) in [5.74, 6) is -0.643. The first-order chi connectivity index (χ1) is 9.97. The second-order valence-electron chi connectivity index (χ2n) is 4.36. The quantitative estimate of drug-likeness (QED) is 0.849. The molecule has 0 aliphatic rings. The predicted molar refractivity (Wildman–Crippen MR) is 77.4 cm³/mol. The highest BCUT2D eigenvalue weighted by atomic mass is 32.2. The Morgan fingerprint density at radius 1 is 1.14 bits per heavy atom. The van der Waals surface area contributed by atoms with Crippen LogP contribution in [0.3, 0.4) is 0 Å².